The highest BCUT2D eigenvalue weighted by Gasteiger charge is 2.60. The quantitative estimate of drug-likeness (QED) is 0.171. The van der Waals surface area contributed by atoms with E-state index in [-0.39, 0.29) is 40.5 Å². The van der Waals surface area contributed by atoms with E-state index in [1.54, 1.807) is 30.0 Å². The maximum atomic E-state index is 12.7. The number of alkyl halides is 1. The van der Waals surface area contributed by atoms with Crippen molar-refractivity contribution in [2.75, 3.05) is 6.26 Å². The molecule has 0 spiro atoms. The van der Waals surface area contributed by atoms with Gasteiger partial charge in [0, 0.05) is 16.8 Å². The van der Waals surface area contributed by atoms with Crippen LogP contribution in [0.2, 0.25) is 0 Å². The standard InChI is InChI=1S/C24H24BrN3O4S2.BrH/c1-12-17(20(24(31)32)28-19(12)18(13(2)29)21(28)30)16-10-27-11-26(22(33-3)23(27)34-16)9-15-6-4-14(8-25)5-7-15;/h4-7,10-13,18-19,29H,8-9H2,1-3H3;1H/t12-,13+,18+,19-;/m0./s1. The van der Waals surface area contributed by atoms with Crippen LogP contribution in [0.25, 0.3) is 10.4 Å². The molecule has 11 heteroatoms. The molecule has 0 radical (unpaired) electrons. The number of β-lactam (4-membered cyclic amide) rings is 1. The number of imidazole rings is 1. The average Bonchev–Trinajstić information content (AvgIpc) is 3.41. The van der Waals surface area contributed by atoms with Gasteiger partial charge in [-0.2, -0.15) is 4.40 Å². The van der Waals surface area contributed by atoms with Crippen LogP contribution < -0.4 is 21.5 Å². The summed E-state index contributed by atoms with van der Waals surface area (Å²) in [6.07, 6.45) is 5.23. The zero-order chi connectivity index (χ0) is 24.3. The van der Waals surface area contributed by atoms with Gasteiger partial charge in [-0.25, -0.2) is 9.36 Å². The van der Waals surface area contributed by atoms with Crippen molar-refractivity contribution in [1.29, 1.82) is 0 Å². The zero-order valence-electron chi connectivity index (χ0n) is 19.3. The summed E-state index contributed by atoms with van der Waals surface area (Å²) in [4.78, 5) is 28.1. The van der Waals surface area contributed by atoms with Crippen molar-refractivity contribution < 1.29 is 41.4 Å². The van der Waals surface area contributed by atoms with Gasteiger partial charge in [0.15, 0.2) is 0 Å². The topological polar surface area (TPSA) is 86.1 Å². The molecule has 0 unspecified atom stereocenters. The Labute approximate surface area is 230 Å². The molecule has 2 N–H and O–H groups in total. The molecule has 35 heavy (non-hydrogen) atoms. The van der Waals surface area contributed by atoms with Gasteiger partial charge in [0.25, 0.3) is 6.33 Å². The van der Waals surface area contributed by atoms with E-state index >= 15 is 0 Å². The van der Waals surface area contributed by atoms with Crippen molar-refractivity contribution in [3.05, 3.63) is 58.5 Å². The smallest absolute Gasteiger partial charge is 0.352 e. The van der Waals surface area contributed by atoms with Crippen LogP contribution in [-0.2, 0) is 21.5 Å². The van der Waals surface area contributed by atoms with Gasteiger partial charge >= 0.3 is 5.97 Å². The van der Waals surface area contributed by atoms with Crippen molar-refractivity contribution in [2.45, 2.75) is 42.9 Å². The summed E-state index contributed by atoms with van der Waals surface area (Å²) < 4.78 is 4.25. The Balaban J connectivity index is 0.00000289. The van der Waals surface area contributed by atoms with Crippen LogP contribution in [-0.4, -0.2) is 49.8 Å². The van der Waals surface area contributed by atoms with Crippen molar-refractivity contribution in [2.24, 2.45) is 11.8 Å². The molecule has 0 aliphatic carbocycles. The molecule has 0 bridgehead atoms. The van der Waals surface area contributed by atoms with E-state index in [1.165, 1.54) is 16.0 Å². The Morgan fingerprint density at radius 2 is 1.94 bits per heavy atom. The average molecular weight is 643 g/mol. The lowest BCUT2D eigenvalue weighted by molar-refractivity contribution is -0.721. The van der Waals surface area contributed by atoms with Gasteiger partial charge in [0.05, 0.1) is 22.9 Å². The summed E-state index contributed by atoms with van der Waals surface area (Å²) >= 11 is 6.68. The zero-order valence-corrected chi connectivity index (χ0v) is 24.1. The van der Waals surface area contributed by atoms with Gasteiger partial charge in [-0.1, -0.05) is 70.2 Å². The van der Waals surface area contributed by atoms with Crippen molar-refractivity contribution in [3.63, 3.8) is 0 Å². The number of aliphatic hydroxyl groups excluding tert-OH is 1. The maximum Gasteiger partial charge on any atom is 0.352 e. The number of aromatic nitrogens is 2. The lowest BCUT2D eigenvalue weighted by atomic mass is 9.77. The third-order valence-electron chi connectivity index (χ3n) is 6.77. The Kier molecular flexibility index (Phi) is 7.55. The highest BCUT2D eigenvalue weighted by atomic mass is 79.9. The number of hydrogen-bond acceptors (Lipinski definition) is 5. The molecule has 7 nitrogen and oxygen atoms in total. The maximum absolute atomic E-state index is 12.7. The predicted molar refractivity (Wildman–Crippen MR) is 135 cm³/mol. The Bertz CT molecular complexity index is 1330. The number of aliphatic hydroxyl groups is 1. The molecule has 2 aliphatic rings. The molecule has 2 aromatic heterocycles. The van der Waals surface area contributed by atoms with Crippen LogP contribution in [0.3, 0.4) is 0 Å². The number of thiazole rings is 1. The number of rotatable bonds is 7. The van der Waals surface area contributed by atoms with Crippen LogP contribution in [0.15, 0.2) is 47.5 Å². The highest BCUT2D eigenvalue weighted by molar-refractivity contribution is 9.08. The molecule has 4 atom stereocenters. The molecule has 3 aromatic rings. The van der Waals surface area contributed by atoms with Crippen LogP contribution in [0.1, 0.15) is 29.9 Å². The van der Waals surface area contributed by atoms with Gasteiger partial charge < -0.3 is 32.1 Å². The summed E-state index contributed by atoms with van der Waals surface area (Å²) in [5.41, 5.74) is 3.16. The lowest BCUT2D eigenvalue weighted by Gasteiger charge is -2.46. The van der Waals surface area contributed by atoms with Crippen molar-refractivity contribution in [1.82, 2.24) is 9.30 Å². The Morgan fingerprint density at radius 3 is 2.51 bits per heavy atom. The Morgan fingerprint density at radius 1 is 1.29 bits per heavy atom. The number of benzene rings is 1. The number of carbonyl (C=O) groups is 2. The summed E-state index contributed by atoms with van der Waals surface area (Å²) in [7, 11) is 0. The molecule has 1 saturated heterocycles. The van der Waals surface area contributed by atoms with Crippen molar-refractivity contribution in [3.8, 4) is 0 Å². The normalized spacial score (nSPS) is 22.3. The number of amides is 1. The second-order valence-electron chi connectivity index (χ2n) is 8.83. The Hall–Kier alpha value is -1.66. The van der Waals surface area contributed by atoms with Crippen LogP contribution >= 0.6 is 39.0 Å². The summed E-state index contributed by atoms with van der Waals surface area (Å²) in [5, 5.41) is 22.0. The van der Waals surface area contributed by atoms with Crippen LogP contribution in [0, 0.1) is 11.8 Å². The minimum atomic E-state index is -1.10. The molecule has 186 valence electrons. The third kappa shape index (κ3) is 4.19. The molecule has 1 aromatic carbocycles. The van der Waals surface area contributed by atoms with Gasteiger partial charge in [-0.3, -0.25) is 4.79 Å². The fourth-order valence-corrected chi connectivity index (χ4v) is 7.75. The first-order valence-electron chi connectivity index (χ1n) is 11.0. The number of nitrogens with zero attached hydrogens (tertiary/aromatic N) is 3. The van der Waals surface area contributed by atoms with Gasteiger partial charge in [0.1, 0.15) is 18.4 Å². The molecule has 5 rings (SSSR count). The van der Waals surface area contributed by atoms with E-state index in [0.717, 1.165) is 26.6 Å². The van der Waals surface area contributed by atoms with E-state index < -0.39 is 18.0 Å². The molecule has 1 amide bonds. The number of carboxylic acid groups (broad SMARTS) is 1. The number of carbonyl (C=O) groups excluding carboxylic acids is 1. The monoisotopic (exact) mass is 641 g/mol. The summed E-state index contributed by atoms with van der Waals surface area (Å²) in [6, 6.07) is 8.19. The van der Waals surface area contributed by atoms with E-state index in [1.807, 2.05) is 30.1 Å². The minimum Gasteiger partial charge on any atom is -1.00 e. The predicted octanol–water partition coefficient (Wildman–Crippen LogP) is 0.611. The second kappa shape index (κ2) is 10.0. The number of halogens is 2. The van der Waals surface area contributed by atoms with Gasteiger partial charge in [0.2, 0.25) is 15.8 Å². The van der Waals surface area contributed by atoms with E-state index in [9.17, 15) is 19.8 Å². The minimum absolute atomic E-state index is 0. The number of carboxylic acids is 1. The van der Waals surface area contributed by atoms with E-state index in [4.69, 9.17) is 0 Å². The van der Waals surface area contributed by atoms with E-state index in [0.29, 0.717) is 5.57 Å². The molecular formula is C24H25Br2N3O4S2. The van der Waals surface area contributed by atoms with E-state index in [2.05, 4.69) is 44.8 Å². The molecule has 4 heterocycles. The van der Waals surface area contributed by atoms with Crippen molar-refractivity contribution >= 4 is 61.3 Å². The SMILES string of the molecule is CSc1c2sc(C3=C(C(=O)O)N4C(=O)[C@H]([C@@H](C)O)[C@@H]4[C@H]3C)cn2c[n+]1Cc1ccc(CBr)cc1.[Br-]. The number of thioether (sulfide) groups is 1. The molecule has 1 fully saturated rings. The van der Waals surface area contributed by atoms with Crippen LogP contribution in [0.5, 0.6) is 0 Å². The first-order chi connectivity index (χ1) is 16.3. The lowest BCUT2D eigenvalue weighted by Crippen LogP contribution is -3.00. The number of hydrogen-bond donors (Lipinski definition) is 2. The van der Waals surface area contributed by atoms with Gasteiger partial charge in [-0.05, 0) is 24.3 Å². The summed E-state index contributed by atoms with van der Waals surface area (Å²) in [6.45, 7) is 4.28. The molecule has 0 saturated carbocycles. The number of aliphatic carboxylic acids is 1. The number of fused-ring (bicyclic) bond motifs is 2. The first kappa shape index (κ1) is 26.4. The van der Waals surface area contributed by atoms with Crippen LogP contribution in [0.4, 0.5) is 0 Å². The first-order valence-corrected chi connectivity index (χ1v) is 14.1. The largest absolute Gasteiger partial charge is 1.00 e. The third-order valence-corrected chi connectivity index (χ3v) is 9.50. The highest BCUT2D eigenvalue weighted by Crippen LogP contribution is 2.51. The molecule has 2 aliphatic heterocycles. The second-order valence-corrected chi connectivity index (χ2v) is 11.2. The fourth-order valence-electron chi connectivity index (χ4n) is 5.20. The van der Waals surface area contributed by atoms with Gasteiger partial charge in [-0.15, -0.1) is 0 Å². The molecular weight excluding hydrogens is 618 g/mol. The fraction of sp³-hybridized carbons (Fsp3) is 0.375. The summed E-state index contributed by atoms with van der Waals surface area (Å²) in [5.74, 6) is -2.15.